The maximum absolute atomic E-state index is 13.2. The molecule has 2 fully saturated rings. The fourth-order valence-corrected chi connectivity index (χ4v) is 3.66. The summed E-state index contributed by atoms with van der Waals surface area (Å²) >= 11 is 0. The van der Waals surface area contributed by atoms with Crippen molar-refractivity contribution in [2.24, 2.45) is 17.8 Å². The van der Waals surface area contributed by atoms with Crippen LogP contribution in [0.25, 0.3) is 0 Å². The summed E-state index contributed by atoms with van der Waals surface area (Å²) in [6, 6.07) is -1.53. The lowest BCUT2D eigenvalue weighted by molar-refractivity contribution is -0.144. The normalized spacial score (nSPS) is 29.5. The van der Waals surface area contributed by atoms with E-state index in [1.807, 2.05) is 0 Å². The highest BCUT2D eigenvalue weighted by atomic mass is 19.1. The Hall–Kier alpha value is -2.45. The van der Waals surface area contributed by atoms with Crippen molar-refractivity contribution in [3.63, 3.8) is 0 Å². The lowest BCUT2D eigenvalue weighted by Crippen LogP contribution is -2.50. The number of nitrogens with one attached hydrogen (secondary N) is 2. The third-order valence-electron chi connectivity index (χ3n) is 4.61. The highest BCUT2D eigenvalue weighted by Gasteiger charge is 2.51. The minimum atomic E-state index is -1.27. The van der Waals surface area contributed by atoms with Crippen LogP contribution in [-0.2, 0) is 4.79 Å². The van der Waals surface area contributed by atoms with Gasteiger partial charge in [0.1, 0.15) is 0 Å². The van der Waals surface area contributed by atoms with Gasteiger partial charge in [-0.1, -0.05) is 0 Å². The third kappa shape index (κ3) is 2.22. The van der Waals surface area contributed by atoms with Gasteiger partial charge in [-0.15, -0.1) is 0 Å². The fraction of sp³-hybridized carbons (Fsp3) is 0.538. The summed E-state index contributed by atoms with van der Waals surface area (Å²) in [6.07, 6.45) is 2.84. The summed E-state index contributed by atoms with van der Waals surface area (Å²) in [4.78, 5) is 47.6. The molecule has 22 heavy (non-hydrogen) atoms. The van der Waals surface area contributed by atoms with Crippen molar-refractivity contribution in [2.45, 2.75) is 25.3 Å². The number of hydrogen-bond acceptors (Lipinski definition) is 4. The Morgan fingerprint density at radius 2 is 2.00 bits per heavy atom. The van der Waals surface area contributed by atoms with Gasteiger partial charge in [0.2, 0.25) is 5.82 Å². The number of H-pyrrole nitrogens is 1. The van der Waals surface area contributed by atoms with Crippen molar-refractivity contribution in [3.05, 3.63) is 32.9 Å². The standard InChI is InChI=1S/C13H14FN3O5/c14-7-4-17(13(22)16-10(7)18)12(21)15-9-6-2-1-5(3-6)8(9)11(19)20/h4-6,8-9H,1-3H2,(H,15,21)(H,19,20)(H,16,18,22). The van der Waals surface area contributed by atoms with Crippen LogP contribution in [0, 0.1) is 23.6 Å². The molecular formula is C13H14FN3O5. The highest BCUT2D eigenvalue weighted by molar-refractivity contribution is 5.79. The van der Waals surface area contributed by atoms with Gasteiger partial charge in [-0.2, -0.15) is 4.39 Å². The number of carbonyl (C=O) groups is 2. The largest absolute Gasteiger partial charge is 0.481 e. The zero-order valence-electron chi connectivity index (χ0n) is 11.4. The van der Waals surface area contributed by atoms with Gasteiger partial charge in [0, 0.05) is 6.04 Å². The summed E-state index contributed by atoms with van der Waals surface area (Å²) < 4.78 is 13.6. The van der Waals surface area contributed by atoms with Crippen LogP contribution in [0.2, 0.25) is 0 Å². The Morgan fingerprint density at radius 3 is 2.68 bits per heavy atom. The predicted molar refractivity (Wildman–Crippen MR) is 71.0 cm³/mol. The maximum Gasteiger partial charge on any atom is 0.336 e. The smallest absolute Gasteiger partial charge is 0.336 e. The molecule has 0 aliphatic heterocycles. The van der Waals surface area contributed by atoms with E-state index in [1.165, 1.54) is 0 Å². The molecular weight excluding hydrogens is 297 g/mol. The average Bonchev–Trinajstić information content (AvgIpc) is 3.03. The topological polar surface area (TPSA) is 121 Å². The Morgan fingerprint density at radius 1 is 1.32 bits per heavy atom. The average molecular weight is 311 g/mol. The van der Waals surface area contributed by atoms with Gasteiger partial charge in [0.25, 0.3) is 5.56 Å². The molecule has 0 aromatic carbocycles. The number of rotatable bonds is 2. The Kier molecular flexibility index (Phi) is 3.34. The SMILES string of the molecule is O=C(O)C1C2CCC(C2)C1NC(=O)n1cc(F)c(=O)[nH]c1=O. The summed E-state index contributed by atoms with van der Waals surface area (Å²) in [7, 11) is 0. The third-order valence-corrected chi connectivity index (χ3v) is 4.61. The van der Waals surface area contributed by atoms with Crippen molar-refractivity contribution in [1.29, 1.82) is 0 Å². The first kappa shape index (κ1) is 14.5. The van der Waals surface area contributed by atoms with Crippen LogP contribution in [0.1, 0.15) is 19.3 Å². The van der Waals surface area contributed by atoms with E-state index in [2.05, 4.69) is 5.32 Å². The maximum atomic E-state index is 13.2. The molecule has 4 unspecified atom stereocenters. The van der Waals surface area contributed by atoms with Crippen molar-refractivity contribution < 1.29 is 19.1 Å². The molecule has 1 heterocycles. The summed E-state index contributed by atoms with van der Waals surface area (Å²) in [6.45, 7) is 0. The molecule has 1 aromatic rings. The number of hydrogen-bond donors (Lipinski definition) is 3. The van der Waals surface area contributed by atoms with Gasteiger partial charge in [-0.3, -0.25) is 14.6 Å². The molecule has 3 rings (SSSR count). The number of nitrogens with zero attached hydrogens (tertiary/aromatic N) is 1. The monoisotopic (exact) mass is 311 g/mol. The van der Waals surface area contributed by atoms with Crippen LogP contribution >= 0.6 is 0 Å². The van der Waals surface area contributed by atoms with Crippen LogP contribution in [0.4, 0.5) is 9.18 Å². The van der Waals surface area contributed by atoms with Crippen LogP contribution < -0.4 is 16.6 Å². The molecule has 1 amide bonds. The molecule has 0 saturated heterocycles. The van der Waals surface area contributed by atoms with E-state index < -0.39 is 41.0 Å². The molecule has 4 atom stereocenters. The minimum Gasteiger partial charge on any atom is -0.481 e. The summed E-state index contributed by atoms with van der Waals surface area (Å²) in [5.41, 5.74) is -2.28. The van der Waals surface area contributed by atoms with Crippen molar-refractivity contribution in [3.8, 4) is 0 Å². The Balaban J connectivity index is 1.85. The van der Waals surface area contributed by atoms with Crippen molar-refractivity contribution in [1.82, 2.24) is 14.9 Å². The molecule has 8 nitrogen and oxygen atoms in total. The lowest BCUT2D eigenvalue weighted by Gasteiger charge is -2.28. The molecule has 118 valence electrons. The second-order valence-electron chi connectivity index (χ2n) is 5.78. The lowest BCUT2D eigenvalue weighted by atomic mass is 9.84. The van der Waals surface area contributed by atoms with Crippen molar-refractivity contribution >= 4 is 12.0 Å². The Labute approximate surface area is 123 Å². The van der Waals surface area contributed by atoms with E-state index in [0.717, 1.165) is 19.3 Å². The molecule has 2 saturated carbocycles. The molecule has 0 radical (unpaired) electrons. The minimum absolute atomic E-state index is 0.0110. The number of carbonyl (C=O) groups excluding carboxylic acids is 1. The second-order valence-corrected chi connectivity index (χ2v) is 5.78. The number of aromatic nitrogens is 2. The number of amides is 1. The van der Waals surface area contributed by atoms with Gasteiger partial charge in [-0.05, 0) is 31.1 Å². The Bertz CT molecular complexity index is 755. The number of carboxylic acid groups (broad SMARTS) is 1. The van der Waals surface area contributed by atoms with E-state index in [1.54, 1.807) is 4.98 Å². The van der Waals surface area contributed by atoms with Gasteiger partial charge in [-0.25, -0.2) is 14.2 Å². The quantitative estimate of drug-likeness (QED) is 0.694. The second kappa shape index (κ2) is 5.08. The van der Waals surface area contributed by atoms with E-state index >= 15 is 0 Å². The summed E-state index contributed by atoms with van der Waals surface area (Å²) in [5, 5.41) is 11.8. The number of fused-ring (bicyclic) bond motifs is 2. The van der Waals surface area contributed by atoms with Crippen molar-refractivity contribution in [2.75, 3.05) is 0 Å². The van der Waals surface area contributed by atoms with E-state index in [9.17, 15) is 28.7 Å². The van der Waals surface area contributed by atoms with Crippen LogP contribution in [-0.4, -0.2) is 32.7 Å². The molecule has 2 bridgehead atoms. The molecule has 3 N–H and O–H groups in total. The molecule has 2 aliphatic carbocycles. The van der Waals surface area contributed by atoms with E-state index in [0.29, 0.717) is 10.8 Å². The highest BCUT2D eigenvalue weighted by Crippen LogP contribution is 2.48. The van der Waals surface area contributed by atoms with Gasteiger partial charge in [0.05, 0.1) is 12.1 Å². The molecule has 9 heteroatoms. The van der Waals surface area contributed by atoms with Gasteiger partial charge >= 0.3 is 17.7 Å². The number of aliphatic carboxylic acids is 1. The first-order valence-corrected chi connectivity index (χ1v) is 6.93. The van der Waals surface area contributed by atoms with E-state index in [4.69, 9.17) is 0 Å². The summed E-state index contributed by atoms with van der Waals surface area (Å²) in [5.74, 6) is -2.91. The zero-order chi connectivity index (χ0) is 16.0. The first-order valence-electron chi connectivity index (χ1n) is 6.93. The number of aromatic amines is 1. The first-order chi connectivity index (χ1) is 10.4. The van der Waals surface area contributed by atoms with Crippen LogP contribution in [0.5, 0.6) is 0 Å². The number of carboxylic acids is 1. The van der Waals surface area contributed by atoms with Gasteiger partial charge < -0.3 is 10.4 Å². The fourth-order valence-electron chi connectivity index (χ4n) is 3.66. The zero-order valence-corrected chi connectivity index (χ0v) is 11.4. The molecule has 0 spiro atoms. The van der Waals surface area contributed by atoms with Crippen LogP contribution in [0.15, 0.2) is 15.8 Å². The molecule has 2 aliphatic rings. The molecule has 1 aromatic heterocycles. The van der Waals surface area contributed by atoms with Crippen LogP contribution in [0.3, 0.4) is 0 Å². The predicted octanol–water partition coefficient (Wildman–Crippen LogP) is -0.267. The number of halogens is 1. The van der Waals surface area contributed by atoms with Gasteiger partial charge in [0.15, 0.2) is 0 Å². The van der Waals surface area contributed by atoms with E-state index in [-0.39, 0.29) is 11.8 Å².